The maximum atomic E-state index is 5.72. The van der Waals surface area contributed by atoms with Crippen molar-refractivity contribution in [1.82, 2.24) is 20.4 Å². The van der Waals surface area contributed by atoms with Gasteiger partial charge in [0, 0.05) is 39.0 Å². The van der Waals surface area contributed by atoms with Crippen LogP contribution in [0.15, 0.2) is 41.4 Å². The van der Waals surface area contributed by atoms with Crippen LogP contribution in [0.2, 0.25) is 0 Å². The van der Waals surface area contributed by atoms with E-state index in [9.17, 15) is 0 Å². The van der Waals surface area contributed by atoms with Crippen LogP contribution in [0, 0.1) is 13.8 Å². The van der Waals surface area contributed by atoms with Crippen LogP contribution in [0.1, 0.15) is 36.2 Å². The number of ether oxygens (including phenoxy) is 1. The molecule has 6 nitrogen and oxygen atoms in total. The quantitative estimate of drug-likeness (QED) is 0.197. The van der Waals surface area contributed by atoms with Gasteiger partial charge in [-0.05, 0) is 51.2 Å². The lowest BCUT2D eigenvalue weighted by molar-refractivity contribution is 0.133. The summed E-state index contributed by atoms with van der Waals surface area (Å²) < 4.78 is 7.78. The number of guanidine groups is 1. The average Bonchev–Trinajstić information content (AvgIpc) is 3.03. The van der Waals surface area contributed by atoms with Gasteiger partial charge in [-0.25, -0.2) is 0 Å². The van der Waals surface area contributed by atoms with E-state index < -0.39 is 0 Å². The molecule has 0 saturated heterocycles. The smallest absolute Gasteiger partial charge is 0.190 e. The molecule has 2 N–H and O–H groups in total. The molecule has 2 aromatic rings. The van der Waals surface area contributed by atoms with Gasteiger partial charge in [0.05, 0.1) is 12.3 Å². The average molecular weight is 513 g/mol. The van der Waals surface area contributed by atoms with Crippen molar-refractivity contribution >= 4 is 29.9 Å². The number of aliphatic imine (C=N–C) groups is 1. The lowest BCUT2D eigenvalue weighted by Gasteiger charge is -2.12. The molecule has 0 amide bonds. The monoisotopic (exact) mass is 513 g/mol. The van der Waals surface area contributed by atoms with Crippen molar-refractivity contribution in [2.24, 2.45) is 4.99 Å². The summed E-state index contributed by atoms with van der Waals surface area (Å²) in [6, 6.07) is 12.6. The zero-order valence-electron chi connectivity index (χ0n) is 18.0. The minimum Gasteiger partial charge on any atom is -0.381 e. The van der Waals surface area contributed by atoms with Crippen LogP contribution in [-0.4, -0.2) is 49.1 Å². The molecule has 1 aromatic carbocycles. The first-order valence-corrected chi connectivity index (χ1v) is 10.3. The van der Waals surface area contributed by atoms with E-state index >= 15 is 0 Å². The molecule has 29 heavy (non-hydrogen) atoms. The minimum atomic E-state index is 0. The number of benzene rings is 1. The first-order valence-electron chi connectivity index (χ1n) is 10.3. The van der Waals surface area contributed by atoms with Crippen LogP contribution in [0.25, 0.3) is 0 Å². The van der Waals surface area contributed by atoms with Crippen molar-refractivity contribution in [2.75, 3.05) is 33.4 Å². The van der Waals surface area contributed by atoms with Crippen molar-refractivity contribution in [1.29, 1.82) is 0 Å². The van der Waals surface area contributed by atoms with Crippen LogP contribution in [-0.2, 0) is 17.7 Å². The van der Waals surface area contributed by atoms with E-state index in [1.165, 1.54) is 11.3 Å². The molecule has 0 aliphatic rings. The molecule has 0 spiro atoms. The van der Waals surface area contributed by atoms with Crippen LogP contribution in [0.4, 0.5) is 0 Å². The second-order valence-corrected chi connectivity index (χ2v) is 6.98. The van der Waals surface area contributed by atoms with Gasteiger partial charge in [-0.1, -0.05) is 30.3 Å². The summed E-state index contributed by atoms with van der Waals surface area (Å²) in [6.07, 6.45) is 4.11. The number of aromatic nitrogens is 2. The number of aryl methyl sites for hydroxylation is 3. The Kier molecular flexibility index (Phi) is 13.4. The number of hydrogen-bond donors (Lipinski definition) is 2. The summed E-state index contributed by atoms with van der Waals surface area (Å²) in [7, 11) is 1.81. The number of unbranched alkanes of at least 4 members (excludes halogenated alkanes) is 1. The minimum absolute atomic E-state index is 0. The summed E-state index contributed by atoms with van der Waals surface area (Å²) in [5.74, 6) is 0.860. The highest BCUT2D eigenvalue weighted by molar-refractivity contribution is 14.0. The summed E-state index contributed by atoms with van der Waals surface area (Å²) in [5.41, 5.74) is 3.62. The van der Waals surface area contributed by atoms with Crippen LogP contribution < -0.4 is 10.6 Å². The van der Waals surface area contributed by atoms with Gasteiger partial charge < -0.3 is 15.4 Å². The molecule has 1 aromatic heterocycles. The molecule has 7 heteroatoms. The SMILES string of the molecule is CN=C(NCCCCOCCc1ccccc1)NCCCn1nc(C)cc1C.I. The summed E-state index contributed by atoms with van der Waals surface area (Å²) in [4.78, 5) is 4.28. The fourth-order valence-electron chi connectivity index (χ4n) is 3.03. The van der Waals surface area contributed by atoms with Gasteiger partial charge in [0.15, 0.2) is 5.96 Å². The number of halogens is 1. The summed E-state index contributed by atoms with van der Waals surface area (Å²) >= 11 is 0. The Hall–Kier alpha value is -1.61. The third kappa shape index (κ3) is 10.7. The molecule has 0 radical (unpaired) electrons. The Morgan fingerprint density at radius 2 is 1.76 bits per heavy atom. The number of rotatable bonds is 12. The highest BCUT2D eigenvalue weighted by Gasteiger charge is 2.01. The standard InChI is InChI=1S/C22H35N5O.HI/c1-19-18-20(2)27(26-19)15-9-14-25-22(23-3)24-13-7-8-16-28-17-12-21-10-5-4-6-11-21;/h4-6,10-11,18H,7-9,12-17H2,1-3H3,(H2,23,24,25);1H. The molecule has 1 heterocycles. The number of nitrogens with zero attached hydrogens (tertiary/aromatic N) is 3. The Balaban J connectivity index is 0.00000420. The van der Waals surface area contributed by atoms with Crippen molar-refractivity contribution in [2.45, 2.75) is 46.1 Å². The van der Waals surface area contributed by atoms with Crippen LogP contribution in [0.5, 0.6) is 0 Å². The highest BCUT2D eigenvalue weighted by atomic mass is 127. The predicted octanol–water partition coefficient (Wildman–Crippen LogP) is 3.71. The molecule has 2 rings (SSSR count). The Morgan fingerprint density at radius 1 is 1.03 bits per heavy atom. The van der Waals surface area contributed by atoms with E-state index in [1.807, 2.05) is 20.0 Å². The third-order valence-electron chi connectivity index (χ3n) is 4.55. The maximum absolute atomic E-state index is 5.72. The molecule has 0 atom stereocenters. The lowest BCUT2D eigenvalue weighted by Crippen LogP contribution is -2.38. The van der Waals surface area contributed by atoms with E-state index in [0.29, 0.717) is 0 Å². The normalized spacial score (nSPS) is 11.2. The molecule has 0 fully saturated rings. The molecule has 0 unspecified atom stereocenters. The van der Waals surface area contributed by atoms with Gasteiger partial charge in [0.2, 0.25) is 0 Å². The lowest BCUT2D eigenvalue weighted by atomic mass is 10.2. The summed E-state index contributed by atoms with van der Waals surface area (Å²) in [5, 5.41) is 11.2. The van der Waals surface area contributed by atoms with E-state index in [1.54, 1.807) is 0 Å². The van der Waals surface area contributed by atoms with E-state index in [2.05, 4.69) is 62.7 Å². The molecule has 0 aliphatic carbocycles. The number of hydrogen-bond acceptors (Lipinski definition) is 3. The van der Waals surface area contributed by atoms with Gasteiger partial charge in [-0.3, -0.25) is 9.67 Å². The Labute approximate surface area is 192 Å². The zero-order valence-corrected chi connectivity index (χ0v) is 20.3. The zero-order chi connectivity index (χ0) is 20.0. The van der Waals surface area contributed by atoms with Crippen LogP contribution in [0.3, 0.4) is 0 Å². The van der Waals surface area contributed by atoms with Gasteiger partial charge in [-0.2, -0.15) is 5.10 Å². The fourth-order valence-corrected chi connectivity index (χ4v) is 3.03. The van der Waals surface area contributed by atoms with Crippen molar-refractivity contribution < 1.29 is 4.74 Å². The molecule has 162 valence electrons. The Bertz CT molecular complexity index is 702. The second-order valence-electron chi connectivity index (χ2n) is 6.98. The molecule has 0 bridgehead atoms. The van der Waals surface area contributed by atoms with E-state index in [-0.39, 0.29) is 24.0 Å². The van der Waals surface area contributed by atoms with E-state index in [4.69, 9.17) is 4.74 Å². The van der Waals surface area contributed by atoms with E-state index in [0.717, 1.165) is 70.2 Å². The van der Waals surface area contributed by atoms with Gasteiger partial charge in [0.25, 0.3) is 0 Å². The van der Waals surface area contributed by atoms with Crippen molar-refractivity contribution in [3.8, 4) is 0 Å². The Morgan fingerprint density at radius 3 is 2.41 bits per heavy atom. The van der Waals surface area contributed by atoms with Gasteiger partial charge in [0.1, 0.15) is 0 Å². The van der Waals surface area contributed by atoms with Gasteiger partial charge >= 0.3 is 0 Å². The second kappa shape index (κ2) is 15.3. The first-order chi connectivity index (χ1) is 13.7. The fraction of sp³-hybridized carbons (Fsp3) is 0.545. The molecular weight excluding hydrogens is 477 g/mol. The molecule has 0 aliphatic heterocycles. The highest BCUT2D eigenvalue weighted by Crippen LogP contribution is 2.02. The third-order valence-corrected chi connectivity index (χ3v) is 4.55. The largest absolute Gasteiger partial charge is 0.381 e. The molecular formula is C22H36IN5O. The predicted molar refractivity (Wildman–Crippen MR) is 131 cm³/mol. The van der Waals surface area contributed by atoms with Gasteiger partial charge in [-0.15, -0.1) is 24.0 Å². The van der Waals surface area contributed by atoms with Crippen LogP contribution >= 0.6 is 24.0 Å². The first kappa shape index (κ1) is 25.4. The van der Waals surface area contributed by atoms with Crippen molar-refractivity contribution in [3.63, 3.8) is 0 Å². The summed E-state index contributed by atoms with van der Waals surface area (Å²) in [6.45, 7) is 8.42. The topological polar surface area (TPSA) is 63.5 Å². The number of nitrogens with one attached hydrogen (secondary N) is 2. The maximum Gasteiger partial charge on any atom is 0.190 e. The molecule has 0 saturated carbocycles. The van der Waals surface area contributed by atoms with Crippen molar-refractivity contribution in [3.05, 3.63) is 53.3 Å².